The number of hydrogen-bond acceptors (Lipinski definition) is 2. The lowest BCUT2D eigenvalue weighted by atomic mass is 10.1. The quantitative estimate of drug-likeness (QED) is 0.838. The molecule has 0 aliphatic carbocycles. The number of carboxylic acid groups (broad SMARTS) is 1. The van der Waals surface area contributed by atoms with Crippen LogP contribution in [0.25, 0.3) is 6.08 Å². The molecule has 0 unspecified atom stereocenters. The molecule has 2 aromatic rings. The van der Waals surface area contributed by atoms with Gasteiger partial charge in [0.05, 0.1) is 16.3 Å². The van der Waals surface area contributed by atoms with Crippen molar-refractivity contribution >= 4 is 35.2 Å². The number of halogens is 1. The molecule has 0 fully saturated rings. The smallest absolute Gasteiger partial charge is 0.335 e. The number of aryl methyl sites for hydroxylation is 1. The number of amides is 1. The highest BCUT2D eigenvalue weighted by atomic mass is 35.5. The Bertz CT molecular complexity index is 753. The van der Waals surface area contributed by atoms with Gasteiger partial charge in [-0.05, 0) is 42.3 Å². The SMILES string of the molecule is Cc1ccccc1C=CC(=O)Nc1cc(C(=O)O)ccc1Cl. The maximum atomic E-state index is 11.9. The van der Waals surface area contributed by atoms with E-state index < -0.39 is 5.97 Å². The predicted octanol–water partition coefficient (Wildman–Crippen LogP) is 4.00. The van der Waals surface area contributed by atoms with E-state index >= 15 is 0 Å². The molecule has 2 rings (SSSR count). The van der Waals surface area contributed by atoms with Crippen molar-refractivity contribution < 1.29 is 14.7 Å². The molecule has 0 heterocycles. The largest absolute Gasteiger partial charge is 0.478 e. The number of rotatable bonds is 4. The van der Waals surface area contributed by atoms with Crippen molar-refractivity contribution in [2.75, 3.05) is 5.32 Å². The first kappa shape index (κ1) is 15.8. The van der Waals surface area contributed by atoms with E-state index in [1.807, 2.05) is 31.2 Å². The van der Waals surface area contributed by atoms with E-state index in [1.54, 1.807) is 6.08 Å². The van der Waals surface area contributed by atoms with Crippen molar-refractivity contribution in [3.63, 3.8) is 0 Å². The number of carbonyl (C=O) groups is 2. The highest BCUT2D eigenvalue weighted by molar-refractivity contribution is 6.34. The van der Waals surface area contributed by atoms with Crippen molar-refractivity contribution in [3.8, 4) is 0 Å². The van der Waals surface area contributed by atoms with E-state index in [2.05, 4.69) is 5.32 Å². The van der Waals surface area contributed by atoms with Crippen LogP contribution in [-0.4, -0.2) is 17.0 Å². The standard InChI is InChI=1S/C17H14ClNO3/c1-11-4-2-3-5-12(11)7-9-16(20)19-15-10-13(17(21)22)6-8-14(15)18/h2-10H,1H3,(H,19,20)(H,21,22). The molecule has 2 aromatic carbocycles. The number of carboxylic acids is 1. The van der Waals surface area contributed by atoms with Crippen molar-refractivity contribution in [1.82, 2.24) is 0 Å². The Hall–Kier alpha value is -2.59. The summed E-state index contributed by atoms with van der Waals surface area (Å²) in [5.74, 6) is -1.46. The summed E-state index contributed by atoms with van der Waals surface area (Å²) in [6.07, 6.45) is 3.08. The molecule has 0 aromatic heterocycles. The molecule has 0 aliphatic rings. The van der Waals surface area contributed by atoms with Crippen LogP contribution in [0.2, 0.25) is 5.02 Å². The molecule has 0 aliphatic heterocycles. The van der Waals surface area contributed by atoms with Crippen LogP contribution in [0, 0.1) is 6.92 Å². The van der Waals surface area contributed by atoms with Gasteiger partial charge in [0.15, 0.2) is 0 Å². The summed E-state index contributed by atoms with van der Waals surface area (Å²) in [7, 11) is 0. The van der Waals surface area contributed by atoms with Gasteiger partial charge < -0.3 is 10.4 Å². The molecule has 112 valence electrons. The average Bonchev–Trinajstić information content (AvgIpc) is 2.48. The van der Waals surface area contributed by atoms with E-state index in [4.69, 9.17) is 16.7 Å². The molecular formula is C17H14ClNO3. The molecule has 1 amide bonds. The fraction of sp³-hybridized carbons (Fsp3) is 0.0588. The minimum absolute atomic E-state index is 0.0579. The van der Waals surface area contributed by atoms with Crippen LogP contribution in [0.3, 0.4) is 0 Å². The van der Waals surface area contributed by atoms with Gasteiger partial charge in [-0.25, -0.2) is 4.79 Å². The third kappa shape index (κ3) is 3.96. The molecule has 0 radical (unpaired) electrons. The number of nitrogens with one attached hydrogen (secondary N) is 1. The summed E-state index contributed by atoms with van der Waals surface area (Å²) in [6.45, 7) is 1.95. The monoisotopic (exact) mass is 315 g/mol. The lowest BCUT2D eigenvalue weighted by Crippen LogP contribution is -2.09. The minimum Gasteiger partial charge on any atom is -0.478 e. The Morgan fingerprint density at radius 1 is 1.18 bits per heavy atom. The van der Waals surface area contributed by atoms with E-state index in [-0.39, 0.29) is 22.2 Å². The van der Waals surface area contributed by atoms with Gasteiger partial charge in [0.25, 0.3) is 0 Å². The van der Waals surface area contributed by atoms with Gasteiger partial charge in [-0.15, -0.1) is 0 Å². The predicted molar refractivity (Wildman–Crippen MR) is 87.3 cm³/mol. The van der Waals surface area contributed by atoms with Crippen LogP contribution >= 0.6 is 11.6 Å². The van der Waals surface area contributed by atoms with Crippen LogP contribution in [0.4, 0.5) is 5.69 Å². The summed E-state index contributed by atoms with van der Waals surface area (Å²) in [4.78, 5) is 22.9. The van der Waals surface area contributed by atoms with E-state index in [0.717, 1.165) is 11.1 Å². The fourth-order valence-electron chi connectivity index (χ4n) is 1.87. The second kappa shape index (κ2) is 6.91. The molecular weight excluding hydrogens is 302 g/mol. The van der Waals surface area contributed by atoms with Gasteiger partial charge in [-0.1, -0.05) is 35.9 Å². The average molecular weight is 316 g/mol. The van der Waals surface area contributed by atoms with Crippen molar-refractivity contribution in [2.24, 2.45) is 0 Å². The summed E-state index contributed by atoms with van der Waals surface area (Å²) >= 11 is 5.96. The third-order valence-corrected chi connectivity index (χ3v) is 3.40. The molecule has 0 bridgehead atoms. The van der Waals surface area contributed by atoms with E-state index in [1.165, 1.54) is 24.3 Å². The maximum absolute atomic E-state index is 11.9. The summed E-state index contributed by atoms with van der Waals surface area (Å²) in [5.41, 5.74) is 2.31. The molecule has 4 nitrogen and oxygen atoms in total. The van der Waals surface area contributed by atoms with Crippen LogP contribution in [0.15, 0.2) is 48.5 Å². The lowest BCUT2D eigenvalue weighted by Gasteiger charge is -2.06. The molecule has 2 N–H and O–H groups in total. The molecule has 5 heteroatoms. The zero-order valence-corrected chi connectivity index (χ0v) is 12.6. The Morgan fingerprint density at radius 2 is 1.91 bits per heavy atom. The number of aromatic carboxylic acids is 1. The first-order valence-corrected chi connectivity index (χ1v) is 6.92. The summed E-state index contributed by atoms with van der Waals surface area (Å²) in [5, 5.41) is 11.8. The Balaban J connectivity index is 2.14. The van der Waals surface area contributed by atoms with Crippen LogP contribution in [0.5, 0.6) is 0 Å². The van der Waals surface area contributed by atoms with Gasteiger partial charge in [-0.3, -0.25) is 4.79 Å². The van der Waals surface area contributed by atoms with Crippen molar-refractivity contribution in [1.29, 1.82) is 0 Å². The highest BCUT2D eigenvalue weighted by Crippen LogP contribution is 2.23. The van der Waals surface area contributed by atoms with Gasteiger partial charge in [0.1, 0.15) is 0 Å². The molecule has 0 atom stereocenters. The van der Waals surface area contributed by atoms with E-state index in [0.29, 0.717) is 0 Å². The van der Waals surface area contributed by atoms with Gasteiger partial charge >= 0.3 is 5.97 Å². The third-order valence-electron chi connectivity index (χ3n) is 3.07. The Kier molecular flexibility index (Phi) is 4.96. The first-order valence-electron chi connectivity index (χ1n) is 6.55. The van der Waals surface area contributed by atoms with Crippen LogP contribution < -0.4 is 5.32 Å². The second-order valence-electron chi connectivity index (χ2n) is 4.68. The zero-order chi connectivity index (χ0) is 16.1. The normalized spacial score (nSPS) is 10.6. The first-order chi connectivity index (χ1) is 10.5. The number of benzene rings is 2. The number of hydrogen-bond donors (Lipinski definition) is 2. The number of anilines is 1. The Morgan fingerprint density at radius 3 is 2.59 bits per heavy atom. The lowest BCUT2D eigenvalue weighted by molar-refractivity contribution is -0.111. The summed E-state index contributed by atoms with van der Waals surface area (Å²) in [6, 6.07) is 11.8. The van der Waals surface area contributed by atoms with E-state index in [9.17, 15) is 9.59 Å². The van der Waals surface area contributed by atoms with Gasteiger partial charge in [0.2, 0.25) is 5.91 Å². The minimum atomic E-state index is -1.08. The molecule has 0 saturated heterocycles. The second-order valence-corrected chi connectivity index (χ2v) is 5.09. The zero-order valence-electron chi connectivity index (χ0n) is 11.8. The van der Waals surface area contributed by atoms with Crippen molar-refractivity contribution in [2.45, 2.75) is 6.92 Å². The van der Waals surface area contributed by atoms with Crippen LogP contribution in [-0.2, 0) is 4.79 Å². The summed E-state index contributed by atoms with van der Waals surface area (Å²) < 4.78 is 0. The van der Waals surface area contributed by atoms with Crippen LogP contribution in [0.1, 0.15) is 21.5 Å². The van der Waals surface area contributed by atoms with Gasteiger partial charge in [-0.2, -0.15) is 0 Å². The van der Waals surface area contributed by atoms with Crippen molar-refractivity contribution in [3.05, 3.63) is 70.3 Å². The molecule has 22 heavy (non-hydrogen) atoms. The maximum Gasteiger partial charge on any atom is 0.335 e. The number of carbonyl (C=O) groups excluding carboxylic acids is 1. The Labute approximate surface area is 133 Å². The molecule has 0 spiro atoms. The highest BCUT2D eigenvalue weighted by Gasteiger charge is 2.08. The topological polar surface area (TPSA) is 66.4 Å². The van der Waals surface area contributed by atoms with Gasteiger partial charge in [0, 0.05) is 6.08 Å². The fourth-order valence-corrected chi connectivity index (χ4v) is 2.03. The molecule has 0 saturated carbocycles.